The van der Waals surface area contributed by atoms with Crippen molar-refractivity contribution in [2.75, 3.05) is 20.2 Å². The topological polar surface area (TPSA) is 192 Å². The number of aromatic hydroxyl groups is 4. The third-order valence-electron chi connectivity index (χ3n) is 6.10. The smallest absolute Gasteiger partial charge is 0.338 e. The molecule has 0 saturated carbocycles. The lowest BCUT2D eigenvalue weighted by Crippen LogP contribution is -2.44. The molecule has 4 rings (SSSR count). The molecule has 1 fully saturated rings. The van der Waals surface area contributed by atoms with Crippen LogP contribution in [-0.4, -0.2) is 76.4 Å². The maximum atomic E-state index is 13.1. The number of halogens is 1. The van der Waals surface area contributed by atoms with Crippen molar-refractivity contribution in [2.45, 2.75) is 12.1 Å². The van der Waals surface area contributed by atoms with Gasteiger partial charge in [-0.15, -0.1) is 12.4 Å². The first-order chi connectivity index (χ1) is 18.6. The number of hydrogen-bond donors (Lipinski definition) is 6. The molecular weight excluding hydrogens is 548 g/mol. The number of ether oxygens (including phenoxy) is 2. The molecule has 1 heterocycles. The van der Waals surface area contributed by atoms with Gasteiger partial charge in [-0.1, -0.05) is 6.07 Å². The van der Waals surface area contributed by atoms with Gasteiger partial charge in [-0.2, -0.15) is 0 Å². The number of methoxy groups -OCH3 is 1. The van der Waals surface area contributed by atoms with Crippen LogP contribution in [0.3, 0.4) is 0 Å². The molecule has 13 heteroatoms. The molecule has 1 amide bonds. The van der Waals surface area contributed by atoms with Crippen molar-refractivity contribution in [3.8, 4) is 23.0 Å². The van der Waals surface area contributed by atoms with Gasteiger partial charge in [0, 0.05) is 18.7 Å². The van der Waals surface area contributed by atoms with E-state index in [1.807, 2.05) is 0 Å². The molecule has 1 saturated heterocycles. The molecule has 40 heavy (non-hydrogen) atoms. The van der Waals surface area contributed by atoms with Gasteiger partial charge in [-0.25, -0.2) is 9.59 Å². The van der Waals surface area contributed by atoms with E-state index < -0.39 is 64.2 Å². The van der Waals surface area contributed by atoms with Crippen molar-refractivity contribution < 1.29 is 49.1 Å². The minimum atomic E-state index is -1.08. The normalized spacial score (nSPS) is 15.9. The van der Waals surface area contributed by atoms with Crippen LogP contribution in [0.2, 0.25) is 0 Å². The van der Waals surface area contributed by atoms with Crippen LogP contribution in [-0.2, 0) is 9.47 Å². The molecule has 210 valence electrons. The van der Waals surface area contributed by atoms with Gasteiger partial charge >= 0.3 is 11.9 Å². The van der Waals surface area contributed by atoms with E-state index in [4.69, 9.17) is 4.74 Å². The molecule has 0 radical (unpaired) electrons. The summed E-state index contributed by atoms with van der Waals surface area (Å²) in [5, 5.41) is 46.4. The number of carbonyl (C=O) groups excluding carboxylic acids is 4. The second kappa shape index (κ2) is 12.4. The summed E-state index contributed by atoms with van der Waals surface area (Å²) in [6.45, 7) is 0.513. The fourth-order valence-electron chi connectivity index (χ4n) is 4.14. The molecule has 0 aliphatic carbocycles. The van der Waals surface area contributed by atoms with E-state index in [9.17, 15) is 39.6 Å². The van der Waals surface area contributed by atoms with Crippen LogP contribution in [0.1, 0.15) is 47.0 Å². The monoisotopic (exact) mass is 572 g/mol. The van der Waals surface area contributed by atoms with Gasteiger partial charge in [0.05, 0.1) is 29.8 Å². The number of benzene rings is 3. The second-order valence-corrected chi connectivity index (χ2v) is 8.64. The Morgan fingerprint density at radius 2 is 1.48 bits per heavy atom. The number of esters is 2. The first kappa shape index (κ1) is 29.7. The SMILES string of the molecule is COC(=O)c1cccc(O)c1C(=O)c1c(O)cc(C(=O)O[C@@H]2CNC[C@H]2NC(=O)c2ccc(O)cc2)cc1O.Cl. The maximum absolute atomic E-state index is 13.1. The number of phenols is 4. The van der Waals surface area contributed by atoms with E-state index in [1.165, 1.54) is 36.4 Å². The molecule has 1 aliphatic rings. The summed E-state index contributed by atoms with van der Waals surface area (Å²) in [5.74, 6) is -5.58. The molecule has 0 unspecified atom stereocenters. The minimum Gasteiger partial charge on any atom is -0.508 e. The fraction of sp³-hybridized carbons (Fsp3) is 0.185. The molecule has 0 aromatic heterocycles. The summed E-state index contributed by atoms with van der Waals surface area (Å²) in [7, 11) is 1.08. The van der Waals surface area contributed by atoms with Crippen molar-refractivity contribution in [3.63, 3.8) is 0 Å². The Hall–Kier alpha value is -4.81. The van der Waals surface area contributed by atoms with E-state index in [2.05, 4.69) is 15.4 Å². The Labute approximate surface area is 233 Å². The van der Waals surface area contributed by atoms with Gasteiger partial charge < -0.3 is 40.5 Å². The van der Waals surface area contributed by atoms with Crippen LogP contribution in [0.4, 0.5) is 0 Å². The zero-order chi connectivity index (χ0) is 28.3. The Kier molecular flexibility index (Phi) is 9.19. The average molecular weight is 573 g/mol. The lowest BCUT2D eigenvalue weighted by atomic mass is 9.95. The van der Waals surface area contributed by atoms with Gasteiger partial charge in [-0.05, 0) is 48.5 Å². The molecule has 6 N–H and O–H groups in total. The zero-order valence-corrected chi connectivity index (χ0v) is 21.7. The van der Waals surface area contributed by atoms with E-state index in [-0.39, 0.29) is 35.8 Å². The van der Waals surface area contributed by atoms with E-state index in [0.29, 0.717) is 12.1 Å². The maximum Gasteiger partial charge on any atom is 0.338 e. The highest BCUT2D eigenvalue weighted by molar-refractivity contribution is 6.18. The first-order valence-corrected chi connectivity index (χ1v) is 11.6. The summed E-state index contributed by atoms with van der Waals surface area (Å²) in [6.07, 6.45) is -0.798. The van der Waals surface area contributed by atoms with Gasteiger partial charge in [0.25, 0.3) is 5.91 Å². The van der Waals surface area contributed by atoms with E-state index >= 15 is 0 Å². The van der Waals surface area contributed by atoms with Crippen molar-refractivity contribution in [2.24, 2.45) is 0 Å². The summed E-state index contributed by atoms with van der Waals surface area (Å²) in [6, 6.07) is 10.5. The van der Waals surface area contributed by atoms with Crippen molar-refractivity contribution >= 4 is 36.0 Å². The highest BCUT2D eigenvalue weighted by atomic mass is 35.5. The van der Waals surface area contributed by atoms with Gasteiger partial charge in [0.1, 0.15) is 34.7 Å². The van der Waals surface area contributed by atoms with Crippen LogP contribution in [0.25, 0.3) is 0 Å². The summed E-state index contributed by atoms with van der Waals surface area (Å²) >= 11 is 0. The number of ketones is 1. The summed E-state index contributed by atoms with van der Waals surface area (Å²) < 4.78 is 10.1. The standard InChI is InChI=1S/C27H24N2O10.ClH/c1-38-27(37)16-3-2-4-18(31)22(16)24(34)23-19(32)9-14(10-20(23)33)26(36)39-21-12-28-11-17(21)29-25(35)13-5-7-15(30)8-6-13;/h2-10,17,21,28,30-33H,11-12H2,1H3,(H,29,35);1H/t17-,21-;/m1./s1. The van der Waals surface area contributed by atoms with E-state index in [1.54, 1.807) is 0 Å². The van der Waals surface area contributed by atoms with Gasteiger partial charge in [0.2, 0.25) is 5.78 Å². The highest BCUT2D eigenvalue weighted by Gasteiger charge is 2.33. The fourth-order valence-corrected chi connectivity index (χ4v) is 4.14. The Morgan fingerprint density at radius 3 is 2.10 bits per heavy atom. The van der Waals surface area contributed by atoms with Gasteiger partial charge in [-0.3, -0.25) is 9.59 Å². The molecule has 0 bridgehead atoms. The third kappa shape index (κ3) is 6.08. The largest absolute Gasteiger partial charge is 0.508 e. The van der Waals surface area contributed by atoms with Crippen LogP contribution >= 0.6 is 12.4 Å². The molecule has 1 aliphatic heterocycles. The predicted molar refractivity (Wildman–Crippen MR) is 141 cm³/mol. The molecule has 2 atom stereocenters. The van der Waals surface area contributed by atoms with Crippen LogP contribution in [0, 0.1) is 0 Å². The molecular formula is C27H25ClN2O10. The summed E-state index contributed by atoms with van der Waals surface area (Å²) in [4.78, 5) is 50.6. The first-order valence-electron chi connectivity index (χ1n) is 11.6. The zero-order valence-electron chi connectivity index (χ0n) is 20.9. The second-order valence-electron chi connectivity index (χ2n) is 8.64. The summed E-state index contributed by atoms with van der Waals surface area (Å²) in [5.41, 5.74) is -1.45. The van der Waals surface area contributed by atoms with Gasteiger partial charge in [0.15, 0.2) is 0 Å². The van der Waals surface area contributed by atoms with Crippen LogP contribution < -0.4 is 10.6 Å². The Bertz CT molecular complexity index is 1440. The quantitative estimate of drug-likeness (QED) is 0.179. The number of phenolic OH excluding ortho intramolecular Hbond substituents is 4. The van der Waals surface area contributed by atoms with Crippen LogP contribution in [0.5, 0.6) is 23.0 Å². The lowest BCUT2D eigenvalue weighted by molar-refractivity contribution is 0.0282. The molecule has 3 aromatic rings. The number of amides is 1. The number of nitrogens with one attached hydrogen (secondary N) is 2. The minimum absolute atomic E-state index is 0. The third-order valence-corrected chi connectivity index (χ3v) is 6.10. The van der Waals surface area contributed by atoms with Crippen molar-refractivity contribution in [1.29, 1.82) is 0 Å². The molecule has 0 spiro atoms. The molecule has 12 nitrogen and oxygen atoms in total. The molecule has 3 aromatic carbocycles. The van der Waals surface area contributed by atoms with Crippen molar-refractivity contribution in [1.82, 2.24) is 10.6 Å². The van der Waals surface area contributed by atoms with Crippen molar-refractivity contribution in [3.05, 3.63) is 82.4 Å². The predicted octanol–water partition coefficient (Wildman–Crippen LogP) is 1.88. The van der Waals surface area contributed by atoms with E-state index in [0.717, 1.165) is 25.3 Å². The number of hydrogen-bond acceptors (Lipinski definition) is 11. The Morgan fingerprint density at radius 1 is 0.825 bits per heavy atom. The number of carbonyl (C=O) groups is 4. The average Bonchev–Trinajstić information content (AvgIpc) is 3.33. The Balaban J connectivity index is 0.00000441. The lowest BCUT2D eigenvalue weighted by Gasteiger charge is -2.21. The van der Waals surface area contributed by atoms with Crippen LogP contribution in [0.15, 0.2) is 54.6 Å². The number of rotatable bonds is 7. The highest BCUT2D eigenvalue weighted by Crippen LogP contribution is 2.35.